The van der Waals surface area contributed by atoms with Crippen molar-refractivity contribution in [3.05, 3.63) is 75.2 Å². The molecule has 0 radical (unpaired) electrons. The first kappa shape index (κ1) is 17.6. The summed E-state index contributed by atoms with van der Waals surface area (Å²) in [6.07, 6.45) is 0.465. The zero-order valence-corrected chi connectivity index (χ0v) is 15.0. The maximum Gasteiger partial charge on any atom is 0.251 e. The molecular formula is C19H21N5O2. The number of hydrogen-bond donors (Lipinski definition) is 2. The number of aryl methyl sites for hydroxylation is 3. The molecule has 2 N–H and O–H groups in total. The Balaban J connectivity index is 1.61. The molecule has 3 aromatic rings. The van der Waals surface area contributed by atoms with E-state index in [2.05, 4.69) is 20.4 Å². The summed E-state index contributed by atoms with van der Waals surface area (Å²) >= 11 is 0. The van der Waals surface area contributed by atoms with Crippen molar-refractivity contribution in [3.63, 3.8) is 0 Å². The molecule has 0 atom stereocenters. The molecule has 2 heterocycles. The topological polar surface area (TPSA) is 92.7 Å². The molecule has 0 saturated heterocycles. The van der Waals surface area contributed by atoms with Crippen LogP contribution in [-0.2, 0) is 6.42 Å². The highest BCUT2D eigenvalue weighted by atomic mass is 16.1. The van der Waals surface area contributed by atoms with Gasteiger partial charge in [0.05, 0.1) is 11.4 Å². The predicted molar refractivity (Wildman–Crippen MR) is 98.7 cm³/mol. The van der Waals surface area contributed by atoms with E-state index in [1.54, 1.807) is 19.1 Å². The number of carbonyl (C=O) groups excluding carboxylic acids is 1. The molecule has 2 aromatic heterocycles. The third kappa shape index (κ3) is 4.05. The van der Waals surface area contributed by atoms with E-state index in [0.717, 1.165) is 17.1 Å². The number of aromatic nitrogens is 4. The summed E-state index contributed by atoms with van der Waals surface area (Å²) in [5, 5.41) is 7.27. The van der Waals surface area contributed by atoms with Crippen LogP contribution >= 0.6 is 0 Å². The summed E-state index contributed by atoms with van der Waals surface area (Å²) in [6.45, 7) is 6.10. The second-order valence-electron chi connectivity index (χ2n) is 6.23. The number of amides is 1. The third-order valence-electron chi connectivity index (χ3n) is 3.95. The van der Waals surface area contributed by atoms with Gasteiger partial charge in [-0.2, -0.15) is 5.10 Å². The monoisotopic (exact) mass is 351 g/mol. The van der Waals surface area contributed by atoms with Crippen molar-refractivity contribution >= 4 is 5.91 Å². The summed E-state index contributed by atoms with van der Waals surface area (Å²) in [5.41, 5.74) is 3.95. The highest BCUT2D eigenvalue weighted by Crippen LogP contribution is 2.13. The summed E-state index contributed by atoms with van der Waals surface area (Å²) in [6, 6.07) is 10.7. The number of hydrogen-bond acceptors (Lipinski definition) is 4. The minimum Gasteiger partial charge on any atom is -0.352 e. The van der Waals surface area contributed by atoms with E-state index in [1.165, 1.54) is 6.07 Å². The van der Waals surface area contributed by atoms with Gasteiger partial charge in [-0.25, -0.2) is 9.67 Å². The highest BCUT2D eigenvalue weighted by molar-refractivity contribution is 5.94. The molecule has 1 amide bonds. The van der Waals surface area contributed by atoms with Crippen molar-refractivity contribution in [2.45, 2.75) is 27.2 Å². The fourth-order valence-electron chi connectivity index (χ4n) is 2.80. The van der Waals surface area contributed by atoms with Crippen LogP contribution in [0, 0.1) is 20.8 Å². The number of rotatable bonds is 5. The maximum absolute atomic E-state index is 12.3. The second kappa shape index (κ2) is 7.35. The van der Waals surface area contributed by atoms with E-state index in [4.69, 9.17) is 0 Å². The number of aromatic amines is 1. The quantitative estimate of drug-likeness (QED) is 0.734. The van der Waals surface area contributed by atoms with E-state index in [9.17, 15) is 9.59 Å². The van der Waals surface area contributed by atoms with Gasteiger partial charge in [-0.15, -0.1) is 0 Å². The molecule has 0 aliphatic rings. The van der Waals surface area contributed by atoms with Crippen molar-refractivity contribution < 1.29 is 4.79 Å². The maximum atomic E-state index is 12.3. The minimum atomic E-state index is -0.182. The highest BCUT2D eigenvalue weighted by Gasteiger charge is 2.08. The van der Waals surface area contributed by atoms with Crippen LogP contribution in [0.15, 0.2) is 41.2 Å². The summed E-state index contributed by atoms with van der Waals surface area (Å²) < 4.78 is 1.84. The molecule has 0 aliphatic heterocycles. The molecule has 7 heteroatoms. The van der Waals surface area contributed by atoms with E-state index >= 15 is 0 Å². The Morgan fingerprint density at radius 1 is 1.12 bits per heavy atom. The van der Waals surface area contributed by atoms with Crippen LogP contribution in [0.2, 0.25) is 0 Å². The zero-order valence-electron chi connectivity index (χ0n) is 15.0. The zero-order chi connectivity index (χ0) is 18.7. The summed E-state index contributed by atoms with van der Waals surface area (Å²) in [4.78, 5) is 30.6. The third-order valence-corrected chi connectivity index (χ3v) is 3.95. The summed E-state index contributed by atoms with van der Waals surface area (Å²) in [5.74, 6) is 0.398. The molecule has 0 saturated carbocycles. The van der Waals surface area contributed by atoms with E-state index in [-0.39, 0.29) is 11.5 Å². The Morgan fingerprint density at radius 2 is 1.85 bits per heavy atom. The van der Waals surface area contributed by atoms with Gasteiger partial charge in [0.25, 0.3) is 11.5 Å². The smallest absolute Gasteiger partial charge is 0.251 e. The fraction of sp³-hybridized carbons (Fsp3) is 0.263. The van der Waals surface area contributed by atoms with Crippen LogP contribution in [0.5, 0.6) is 0 Å². The Bertz CT molecular complexity index is 986. The first-order chi connectivity index (χ1) is 12.4. The van der Waals surface area contributed by atoms with Gasteiger partial charge in [0, 0.05) is 36.0 Å². The molecule has 1 aromatic carbocycles. The van der Waals surface area contributed by atoms with Gasteiger partial charge in [0.1, 0.15) is 5.82 Å². The van der Waals surface area contributed by atoms with Gasteiger partial charge in [-0.1, -0.05) is 0 Å². The van der Waals surface area contributed by atoms with Crippen molar-refractivity contribution in [2.75, 3.05) is 6.54 Å². The normalized spacial score (nSPS) is 10.7. The van der Waals surface area contributed by atoms with Gasteiger partial charge in [-0.05, 0) is 51.1 Å². The first-order valence-electron chi connectivity index (χ1n) is 8.41. The lowest BCUT2D eigenvalue weighted by Crippen LogP contribution is -2.26. The SMILES string of the molecule is Cc1cc(=O)[nH]c(CCNC(=O)c2ccc(-n3nc(C)cc3C)cc2)n1. The molecule has 0 fully saturated rings. The van der Waals surface area contributed by atoms with Gasteiger partial charge in [0.2, 0.25) is 0 Å². The molecule has 7 nitrogen and oxygen atoms in total. The average Bonchev–Trinajstić information content (AvgIpc) is 2.92. The van der Waals surface area contributed by atoms with Crippen LogP contribution in [-0.4, -0.2) is 32.2 Å². The Morgan fingerprint density at radius 3 is 2.46 bits per heavy atom. The molecule has 3 rings (SSSR count). The number of nitrogens with one attached hydrogen (secondary N) is 2. The van der Waals surface area contributed by atoms with Crippen LogP contribution < -0.4 is 10.9 Å². The second-order valence-corrected chi connectivity index (χ2v) is 6.23. The van der Waals surface area contributed by atoms with E-state index in [0.29, 0.717) is 30.0 Å². The molecule has 134 valence electrons. The fourth-order valence-corrected chi connectivity index (χ4v) is 2.80. The Kier molecular flexibility index (Phi) is 4.97. The molecule has 0 bridgehead atoms. The van der Waals surface area contributed by atoms with E-state index in [1.807, 2.05) is 36.7 Å². The lowest BCUT2D eigenvalue weighted by atomic mass is 10.2. The van der Waals surface area contributed by atoms with Crippen LogP contribution in [0.3, 0.4) is 0 Å². The van der Waals surface area contributed by atoms with Crippen molar-refractivity contribution in [1.82, 2.24) is 25.1 Å². The predicted octanol–water partition coefficient (Wildman–Crippen LogP) is 1.85. The van der Waals surface area contributed by atoms with Gasteiger partial charge < -0.3 is 10.3 Å². The van der Waals surface area contributed by atoms with Gasteiger partial charge >= 0.3 is 0 Å². The lowest BCUT2D eigenvalue weighted by molar-refractivity contribution is 0.0954. The van der Waals surface area contributed by atoms with Crippen LogP contribution in [0.1, 0.15) is 33.3 Å². The van der Waals surface area contributed by atoms with Crippen LogP contribution in [0.25, 0.3) is 5.69 Å². The van der Waals surface area contributed by atoms with Gasteiger partial charge in [-0.3, -0.25) is 9.59 Å². The standard InChI is InChI=1S/C19H21N5O2/c1-12-11-18(25)22-17(21-12)8-9-20-19(26)15-4-6-16(7-5-15)24-14(3)10-13(2)23-24/h4-7,10-11H,8-9H2,1-3H3,(H,20,26)(H,21,22,25). The largest absolute Gasteiger partial charge is 0.352 e. The molecule has 26 heavy (non-hydrogen) atoms. The minimum absolute atomic E-state index is 0.167. The Labute approximate surface area is 151 Å². The van der Waals surface area contributed by atoms with Crippen molar-refractivity contribution in [2.24, 2.45) is 0 Å². The number of carbonyl (C=O) groups is 1. The number of nitrogens with zero attached hydrogens (tertiary/aromatic N) is 3. The first-order valence-corrected chi connectivity index (χ1v) is 8.41. The molecule has 0 spiro atoms. The average molecular weight is 351 g/mol. The van der Waals surface area contributed by atoms with Crippen molar-refractivity contribution in [1.29, 1.82) is 0 Å². The van der Waals surface area contributed by atoms with Gasteiger partial charge in [0.15, 0.2) is 0 Å². The molecule has 0 aliphatic carbocycles. The van der Waals surface area contributed by atoms with Crippen LogP contribution in [0.4, 0.5) is 0 Å². The van der Waals surface area contributed by atoms with Crippen molar-refractivity contribution in [3.8, 4) is 5.69 Å². The lowest BCUT2D eigenvalue weighted by Gasteiger charge is -2.07. The van der Waals surface area contributed by atoms with E-state index < -0.39 is 0 Å². The number of H-pyrrole nitrogens is 1. The Hall–Kier alpha value is -3.22. The molecular weight excluding hydrogens is 330 g/mol. The molecule has 0 unspecified atom stereocenters. The number of benzene rings is 1. The summed E-state index contributed by atoms with van der Waals surface area (Å²) in [7, 11) is 0.